The number of aliphatic carboxylic acids is 2. The van der Waals surface area contributed by atoms with E-state index in [1.54, 1.807) is 45.5 Å². The summed E-state index contributed by atoms with van der Waals surface area (Å²) < 4.78 is 40.6. The number of aliphatic hydroxyl groups is 2. The van der Waals surface area contributed by atoms with Crippen molar-refractivity contribution in [2.75, 3.05) is 25.7 Å². The molecule has 2 aromatic heterocycles. The average Bonchev–Trinajstić information content (AvgIpc) is 3.34. The number of aromatic nitrogens is 4. The first kappa shape index (κ1) is 37.3. The topological polar surface area (TPSA) is 282 Å². The van der Waals surface area contributed by atoms with Gasteiger partial charge in [-0.1, -0.05) is 27.7 Å². The van der Waals surface area contributed by atoms with Crippen LogP contribution in [0.25, 0.3) is 11.2 Å². The number of imidazole rings is 1. The Morgan fingerprint density at radius 1 is 0.884 bits per heavy atom. The van der Waals surface area contributed by atoms with E-state index in [0.717, 1.165) is 0 Å². The standard InChI is InChI=1S/C19H30N5O8P.C4H6O6/c1-12(2)18(25)28-9-31-33(27,32-10-29-19(26)13(3)4)11-30-14(5)6-24-8-23-15-16(20)21-7-22-17(15)24;5-1(3(7)8)2(6)4(9)10/h7-8,12-14H,6,9-11H2,1-5H3,(H2,20,21,22);1-2,5-6H,(H,7,8)(H,9,10)/t14-;1-,2-/m10/s1. The zero-order valence-corrected chi connectivity index (χ0v) is 24.9. The fourth-order valence-electron chi connectivity index (χ4n) is 2.63. The van der Waals surface area contributed by atoms with Crippen LogP contribution in [0, 0.1) is 11.8 Å². The molecule has 0 aliphatic rings. The molecule has 0 saturated carbocycles. The summed E-state index contributed by atoms with van der Waals surface area (Å²) in [5, 5.41) is 32.5. The molecule has 2 heterocycles. The van der Waals surface area contributed by atoms with E-state index in [1.807, 2.05) is 0 Å². The minimum absolute atomic E-state index is 0.255. The predicted molar refractivity (Wildman–Crippen MR) is 144 cm³/mol. The van der Waals surface area contributed by atoms with Crippen LogP contribution >= 0.6 is 7.60 Å². The van der Waals surface area contributed by atoms with Crippen LogP contribution < -0.4 is 5.73 Å². The van der Waals surface area contributed by atoms with Crippen molar-refractivity contribution in [3.8, 4) is 0 Å². The molecule has 242 valence electrons. The Hall–Kier alpha value is -3.74. The minimum Gasteiger partial charge on any atom is -0.479 e. The summed E-state index contributed by atoms with van der Waals surface area (Å²) in [6.45, 7) is 7.41. The molecule has 0 saturated heterocycles. The van der Waals surface area contributed by atoms with Crippen molar-refractivity contribution in [3.05, 3.63) is 12.7 Å². The van der Waals surface area contributed by atoms with Gasteiger partial charge in [-0.3, -0.25) is 23.2 Å². The van der Waals surface area contributed by atoms with Gasteiger partial charge in [0.2, 0.25) is 13.6 Å². The molecule has 0 aromatic carbocycles. The number of anilines is 1. The second-order valence-corrected chi connectivity index (χ2v) is 11.3. The molecule has 6 N–H and O–H groups in total. The quantitative estimate of drug-likeness (QED) is 0.0932. The smallest absolute Gasteiger partial charge is 0.361 e. The lowest BCUT2D eigenvalue weighted by Crippen LogP contribution is -2.39. The van der Waals surface area contributed by atoms with E-state index in [4.69, 9.17) is 49.4 Å². The van der Waals surface area contributed by atoms with Crippen LogP contribution in [0.3, 0.4) is 0 Å². The molecule has 2 aromatic rings. The van der Waals surface area contributed by atoms with Gasteiger partial charge in [-0.25, -0.2) is 24.5 Å². The van der Waals surface area contributed by atoms with Gasteiger partial charge in [0.15, 0.2) is 23.7 Å². The number of carboxylic acids is 2. The number of esters is 2. The molecule has 0 aliphatic carbocycles. The van der Waals surface area contributed by atoms with E-state index < -0.39 is 69.7 Å². The lowest BCUT2D eigenvalue weighted by Gasteiger charge is -2.21. The Kier molecular flexibility index (Phi) is 15.1. The van der Waals surface area contributed by atoms with Crippen molar-refractivity contribution in [1.29, 1.82) is 0 Å². The molecule has 0 fully saturated rings. The van der Waals surface area contributed by atoms with Gasteiger partial charge in [-0.05, 0) is 6.92 Å². The van der Waals surface area contributed by atoms with Gasteiger partial charge in [-0.15, -0.1) is 0 Å². The number of rotatable bonds is 16. The number of nitrogens with two attached hydrogens (primary N) is 1. The number of aliphatic hydroxyl groups excluding tert-OH is 2. The van der Waals surface area contributed by atoms with E-state index >= 15 is 0 Å². The lowest BCUT2D eigenvalue weighted by atomic mass is 10.2. The maximum Gasteiger partial charge on any atom is 0.361 e. The molecule has 20 heteroatoms. The number of nitrogens with zero attached hydrogens (tertiary/aromatic N) is 4. The van der Waals surface area contributed by atoms with Gasteiger partial charge in [0.1, 0.15) is 18.2 Å². The highest BCUT2D eigenvalue weighted by Gasteiger charge is 2.30. The van der Waals surface area contributed by atoms with Crippen LogP contribution in [-0.2, 0) is 53.5 Å². The molecule has 0 spiro atoms. The largest absolute Gasteiger partial charge is 0.479 e. The van der Waals surface area contributed by atoms with Gasteiger partial charge < -0.3 is 44.9 Å². The highest BCUT2D eigenvalue weighted by molar-refractivity contribution is 7.53. The summed E-state index contributed by atoms with van der Waals surface area (Å²) in [6, 6.07) is 0. The third-order valence-corrected chi connectivity index (χ3v) is 6.51. The van der Waals surface area contributed by atoms with Crippen molar-refractivity contribution in [3.63, 3.8) is 0 Å². The summed E-state index contributed by atoms with van der Waals surface area (Å²) in [5.74, 6) is -5.12. The van der Waals surface area contributed by atoms with Crippen LogP contribution in [0.5, 0.6) is 0 Å². The van der Waals surface area contributed by atoms with Gasteiger partial charge in [-0.2, -0.15) is 0 Å². The van der Waals surface area contributed by atoms with Crippen molar-refractivity contribution in [2.24, 2.45) is 11.8 Å². The molecule has 19 nitrogen and oxygen atoms in total. The van der Waals surface area contributed by atoms with E-state index in [1.165, 1.54) is 6.33 Å². The number of carbonyl (C=O) groups excluding carboxylic acids is 2. The van der Waals surface area contributed by atoms with E-state index in [0.29, 0.717) is 17.7 Å². The second kappa shape index (κ2) is 17.4. The molecule has 2 rings (SSSR count). The number of carbonyl (C=O) groups is 4. The van der Waals surface area contributed by atoms with Crippen molar-refractivity contribution in [2.45, 2.75) is 59.5 Å². The molecule has 0 radical (unpaired) electrons. The van der Waals surface area contributed by atoms with Crippen LogP contribution in [0.1, 0.15) is 34.6 Å². The number of hydrogen-bond acceptors (Lipinski definition) is 16. The highest BCUT2D eigenvalue weighted by atomic mass is 31.2. The zero-order valence-electron chi connectivity index (χ0n) is 24.1. The van der Waals surface area contributed by atoms with Gasteiger partial charge in [0, 0.05) is 0 Å². The van der Waals surface area contributed by atoms with E-state index in [2.05, 4.69) is 15.0 Å². The molecule has 0 bridgehead atoms. The summed E-state index contributed by atoms with van der Waals surface area (Å²) in [6.07, 6.45) is -2.62. The number of ether oxygens (including phenoxy) is 3. The van der Waals surface area contributed by atoms with E-state index in [-0.39, 0.29) is 17.7 Å². The molecule has 0 aliphatic heterocycles. The number of hydrogen-bond donors (Lipinski definition) is 5. The molecule has 3 atom stereocenters. The summed E-state index contributed by atoms with van der Waals surface area (Å²) in [4.78, 5) is 55.0. The molecule has 0 unspecified atom stereocenters. The first-order valence-corrected chi connectivity index (χ1v) is 14.3. The van der Waals surface area contributed by atoms with Gasteiger partial charge >= 0.3 is 31.5 Å². The van der Waals surface area contributed by atoms with Crippen molar-refractivity contribution >= 4 is 48.5 Å². The Balaban J connectivity index is 0.000000790. The first-order chi connectivity index (χ1) is 20.0. The Labute approximate surface area is 245 Å². The fraction of sp³-hybridized carbons (Fsp3) is 0.609. The van der Waals surface area contributed by atoms with Crippen LogP contribution in [0.15, 0.2) is 12.7 Å². The third kappa shape index (κ3) is 12.6. The molecule has 43 heavy (non-hydrogen) atoms. The number of nitrogen functional groups attached to an aromatic ring is 1. The van der Waals surface area contributed by atoms with Crippen molar-refractivity contribution < 1.29 is 67.4 Å². The first-order valence-electron chi connectivity index (χ1n) is 12.5. The maximum atomic E-state index is 13.1. The van der Waals surface area contributed by atoms with Crippen LogP contribution in [0.2, 0.25) is 0 Å². The Morgan fingerprint density at radius 3 is 1.81 bits per heavy atom. The van der Waals surface area contributed by atoms with Crippen LogP contribution in [-0.4, -0.2) is 102 Å². The summed E-state index contributed by atoms with van der Waals surface area (Å²) in [5.41, 5.74) is 6.77. The zero-order chi connectivity index (χ0) is 32.9. The van der Waals surface area contributed by atoms with Crippen LogP contribution in [0.4, 0.5) is 5.82 Å². The predicted octanol–water partition coefficient (Wildman–Crippen LogP) is 0.188. The summed E-state index contributed by atoms with van der Waals surface area (Å²) in [7, 11) is -3.94. The van der Waals surface area contributed by atoms with E-state index in [9.17, 15) is 23.7 Å². The average molecular weight is 638 g/mol. The fourth-order valence-corrected chi connectivity index (χ4v) is 3.71. The maximum absolute atomic E-state index is 13.1. The SMILES string of the molecule is CC(C)C(=O)OCOP(=O)(CO[C@H](C)Cn1cnc2c(N)ncnc21)OCOC(=O)C(C)C.O=C(O)[C@@H](O)[C@H](O)C(=O)O. The Morgan fingerprint density at radius 2 is 1.37 bits per heavy atom. The second-order valence-electron chi connectivity index (χ2n) is 9.34. The van der Waals surface area contributed by atoms with Gasteiger partial charge in [0.25, 0.3) is 0 Å². The number of fused-ring (bicyclic) bond motifs is 1. The van der Waals surface area contributed by atoms with Gasteiger partial charge in [0.05, 0.1) is 30.8 Å². The number of carboxylic acid groups (broad SMARTS) is 2. The highest BCUT2D eigenvalue weighted by Crippen LogP contribution is 2.48. The lowest BCUT2D eigenvalue weighted by molar-refractivity contribution is -0.165. The molecular formula is C23H36N5O14P. The van der Waals surface area contributed by atoms with Crippen molar-refractivity contribution in [1.82, 2.24) is 19.5 Å². The monoisotopic (exact) mass is 637 g/mol. The Bertz CT molecular complexity index is 1240. The minimum atomic E-state index is -3.94. The normalized spacial score (nSPS) is 13.6. The molecule has 0 amide bonds. The third-order valence-electron chi connectivity index (χ3n) is 5.05. The molecular weight excluding hydrogens is 601 g/mol. The summed E-state index contributed by atoms with van der Waals surface area (Å²) >= 11 is 0.